The number of hydrogen-bond acceptors (Lipinski definition) is 16. The van der Waals surface area contributed by atoms with Crippen molar-refractivity contribution in [3.63, 3.8) is 0 Å². The monoisotopic (exact) mass is 803 g/mol. The molecule has 0 aliphatic carbocycles. The van der Waals surface area contributed by atoms with Crippen molar-refractivity contribution < 1.29 is 44.6 Å². The molecule has 0 fully saturated rings. The number of anilines is 2. The zero-order valence-corrected chi connectivity index (χ0v) is 32.3. The number of aryl methyl sites for hydroxylation is 2. The van der Waals surface area contributed by atoms with Crippen LogP contribution in [-0.2, 0) is 42.9 Å². The van der Waals surface area contributed by atoms with Crippen LogP contribution in [-0.4, -0.2) is 43.3 Å². The molecule has 15 nitrogen and oxygen atoms in total. The van der Waals surface area contributed by atoms with Crippen LogP contribution in [0.5, 0.6) is 5.75 Å². The molecule has 0 atom stereocenters. The third kappa shape index (κ3) is 8.66. The van der Waals surface area contributed by atoms with Crippen molar-refractivity contribution in [3.05, 3.63) is 108 Å². The molecule has 0 amide bonds. The maximum Gasteiger partial charge on any atom is 0.297 e. The predicted molar refractivity (Wildman–Crippen MR) is 207 cm³/mol. The highest BCUT2D eigenvalue weighted by atomic mass is 32.2. The summed E-state index contributed by atoms with van der Waals surface area (Å²) in [7, 11) is -5.22. The minimum atomic E-state index is -4.29. The van der Waals surface area contributed by atoms with Crippen molar-refractivity contribution in [1.82, 2.24) is 0 Å². The molecule has 0 aliphatic heterocycles. The van der Waals surface area contributed by atoms with Crippen LogP contribution in [0, 0.1) is 13.8 Å². The Hall–Kier alpha value is -5.31. The highest BCUT2D eigenvalue weighted by Crippen LogP contribution is 2.45. The summed E-state index contributed by atoms with van der Waals surface area (Å²) in [5.74, 6) is -0.137. The van der Waals surface area contributed by atoms with Crippen molar-refractivity contribution in [2.24, 2.45) is 20.5 Å². The number of hydrogen-bond donors (Lipinski definition) is 2. The van der Waals surface area contributed by atoms with E-state index in [0.29, 0.717) is 38.2 Å². The lowest BCUT2D eigenvalue weighted by Crippen LogP contribution is -2.06. The molecule has 2 N–H and O–H groups in total. The summed E-state index contributed by atoms with van der Waals surface area (Å²) in [4.78, 5) is 4.38. The lowest BCUT2D eigenvalue weighted by Gasteiger charge is -2.12. The van der Waals surface area contributed by atoms with E-state index < -0.39 is 20.2 Å². The molecule has 0 heterocycles. The van der Waals surface area contributed by atoms with Gasteiger partial charge in [-0.2, -0.15) is 32.2 Å². The summed E-state index contributed by atoms with van der Waals surface area (Å²) in [5.41, 5.74) is 4.00. The van der Waals surface area contributed by atoms with Crippen LogP contribution in [0.4, 0.5) is 34.1 Å². The van der Waals surface area contributed by atoms with E-state index in [-0.39, 0.29) is 37.7 Å². The maximum absolute atomic E-state index is 12.9. The molecule has 0 radical (unpaired) electrons. The van der Waals surface area contributed by atoms with Crippen molar-refractivity contribution in [2.45, 2.75) is 28.5 Å². The normalized spacial score (nSPS) is 12.4. The van der Waals surface area contributed by atoms with Gasteiger partial charge in [-0.3, -0.25) is 8.37 Å². The van der Waals surface area contributed by atoms with Gasteiger partial charge in [0, 0.05) is 27.5 Å². The van der Waals surface area contributed by atoms with Crippen LogP contribution in [0.25, 0.3) is 21.5 Å². The minimum Gasteiger partial charge on any atom is -0.505 e. The predicted octanol–water partition coefficient (Wildman–Crippen LogP) is 10.1. The minimum absolute atomic E-state index is 0.0437. The van der Waals surface area contributed by atoms with E-state index in [0.717, 1.165) is 37.6 Å². The van der Waals surface area contributed by atoms with E-state index in [2.05, 4.69) is 35.7 Å². The van der Waals surface area contributed by atoms with Crippen molar-refractivity contribution in [2.75, 3.05) is 26.6 Å². The zero-order valence-electron chi connectivity index (χ0n) is 29.9. The molecular weight excluding hydrogens is 771 g/mol. The second kappa shape index (κ2) is 16.6. The molecule has 6 aromatic carbocycles. The van der Waals surface area contributed by atoms with Gasteiger partial charge in [-0.15, -0.1) is 9.45 Å². The largest absolute Gasteiger partial charge is 0.505 e. The van der Waals surface area contributed by atoms with Crippen LogP contribution in [0.15, 0.2) is 132 Å². The molecule has 284 valence electrons. The van der Waals surface area contributed by atoms with E-state index in [9.17, 15) is 21.9 Å². The first-order valence-electron chi connectivity index (χ1n) is 16.1. The van der Waals surface area contributed by atoms with Gasteiger partial charge in [-0.05, 0) is 97.1 Å². The molecule has 55 heavy (non-hydrogen) atoms. The van der Waals surface area contributed by atoms with Crippen LogP contribution in [0.1, 0.15) is 11.1 Å². The molecule has 0 saturated carbocycles. The van der Waals surface area contributed by atoms with Gasteiger partial charge in [0.25, 0.3) is 20.2 Å². The molecule has 0 saturated heterocycles. The Morgan fingerprint density at radius 1 is 0.636 bits per heavy atom. The lowest BCUT2D eigenvalue weighted by molar-refractivity contribution is -0.447. The van der Waals surface area contributed by atoms with Crippen molar-refractivity contribution in [3.8, 4) is 5.75 Å². The second-order valence-electron chi connectivity index (χ2n) is 11.7. The van der Waals surface area contributed by atoms with Crippen LogP contribution in [0.3, 0.4) is 0 Å². The van der Waals surface area contributed by atoms with E-state index in [1.165, 1.54) is 37.4 Å². The average Bonchev–Trinajstić information content (AvgIpc) is 3.18. The Bertz CT molecular complexity index is 2690. The highest BCUT2D eigenvalue weighted by Gasteiger charge is 2.24. The fraction of sp³-hybridized carbons (Fsp3) is 0.135. The topological polar surface area (TPSA) is 196 Å². The molecule has 0 bridgehead atoms. The first kappa shape index (κ1) is 39.4. The van der Waals surface area contributed by atoms with Crippen molar-refractivity contribution >= 4 is 87.9 Å². The van der Waals surface area contributed by atoms with Gasteiger partial charge in [-0.25, -0.2) is 4.89 Å². The molecule has 0 aromatic heterocycles. The van der Waals surface area contributed by atoms with Gasteiger partial charge in [-0.1, -0.05) is 35.4 Å². The van der Waals surface area contributed by atoms with Gasteiger partial charge in [0.2, 0.25) is 0 Å². The number of azo groups is 2. The standard InChI is InChI=1S/C37H33N5O10S3/c1-22-17-32(41-42-36-33(53-52-51-48-3)19-24-18-26(14-15-28(24)37(36)43)38-25-10-7-6-8-11-25)23(2)16-31(22)40-39-27-20-30-29(35(21-27)55(46,47)50-5)12-9-13-34(30)54(44,45)49-4/h6-21,38,43H,1-5H3. The van der Waals surface area contributed by atoms with E-state index >= 15 is 0 Å². The van der Waals surface area contributed by atoms with Gasteiger partial charge in [0.05, 0.1) is 55.3 Å². The number of benzene rings is 6. The molecule has 0 spiro atoms. The van der Waals surface area contributed by atoms with Gasteiger partial charge >= 0.3 is 0 Å². The summed E-state index contributed by atoms with van der Waals surface area (Å²) in [6, 6.07) is 27.1. The lowest BCUT2D eigenvalue weighted by atomic mass is 10.1. The Labute approximate surface area is 320 Å². The smallest absolute Gasteiger partial charge is 0.297 e. The SMILES string of the molecule is COOOSc1cc2cc(Nc3ccccc3)ccc2c(O)c1N=Nc1cc(C)c(N=Nc2cc(S(=O)(=O)OC)c3cccc(S(=O)(=O)OC)c3c2)cc1C. The average molecular weight is 804 g/mol. The summed E-state index contributed by atoms with van der Waals surface area (Å²) in [5, 5.41) is 38.1. The Kier molecular flexibility index (Phi) is 11.9. The first-order valence-corrected chi connectivity index (χ1v) is 19.7. The number of fused-ring (bicyclic) bond motifs is 2. The number of nitrogens with one attached hydrogen (secondary N) is 1. The van der Waals surface area contributed by atoms with E-state index in [1.54, 1.807) is 38.1 Å². The summed E-state index contributed by atoms with van der Waals surface area (Å²) < 4.78 is 65.7. The van der Waals surface area contributed by atoms with Crippen LogP contribution in [0.2, 0.25) is 0 Å². The quantitative estimate of drug-likeness (QED) is 0.0264. The molecule has 6 rings (SSSR count). The number of aromatic hydroxyl groups is 1. The van der Waals surface area contributed by atoms with Crippen LogP contribution >= 0.6 is 12.0 Å². The van der Waals surface area contributed by atoms with Gasteiger partial charge < -0.3 is 10.4 Å². The molecule has 0 aliphatic rings. The number of para-hydroxylation sites is 1. The Balaban J connectivity index is 1.35. The summed E-state index contributed by atoms with van der Waals surface area (Å²) >= 11 is 0.773. The summed E-state index contributed by atoms with van der Waals surface area (Å²) in [6.45, 7) is 3.55. The van der Waals surface area contributed by atoms with E-state index in [4.69, 9.17) is 12.7 Å². The van der Waals surface area contributed by atoms with Gasteiger partial charge in [0.1, 0.15) is 15.5 Å². The first-order chi connectivity index (χ1) is 26.3. The number of phenolic OH excluding ortho intramolecular Hbond substituents is 1. The Morgan fingerprint density at radius 3 is 1.98 bits per heavy atom. The number of rotatable bonds is 14. The van der Waals surface area contributed by atoms with E-state index in [1.807, 2.05) is 42.5 Å². The highest BCUT2D eigenvalue weighted by molar-refractivity contribution is 7.94. The molecule has 6 aromatic rings. The fourth-order valence-electron chi connectivity index (χ4n) is 5.54. The molecule has 0 unspecified atom stereocenters. The van der Waals surface area contributed by atoms with Crippen molar-refractivity contribution in [1.29, 1.82) is 0 Å². The summed E-state index contributed by atoms with van der Waals surface area (Å²) in [6.07, 6.45) is 0. The van der Waals surface area contributed by atoms with Crippen LogP contribution < -0.4 is 5.32 Å². The Morgan fingerprint density at radius 2 is 1.31 bits per heavy atom. The maximum atomic E-state index is 12.9. The number of nitrogens with zero attached hydrogens (tertiary/aromatic N) is 4. The number of phenols is 1. The zero-order chi connectivity index (χ0) is 39.3. The second-order valence-corrected chi connectivity index (χ2v) is 15.9. The third-order valence-electron chi connectivity index (χ3n) is 8.26. The fourth-order valence-corrected chi connectivity index (χ4v) is 7.85. The molecular formula is C37H33N5O10S3. The molecule has 18 heteroatoms. The van der Waals surface area contributed by atoms with Gasteiger partial charge in [0.15, 0.2) is 5.75 Å². The third-order valence-corrected chi connectivity index (χ3v) is 11.5.